The van der Waals surface area contributed by atoms with Crippen LogP contribution in [0.25, 0.3) is 0 Å². The molecule has 10 nitrogen and oxygen atoms in total. The van der Waals surface area contributed by atoms with Gasteiger partial charge in [-0.3, -0.25) is 4.79 Å². The number of anilines is 2. The summed E-state index contributed by atoms with van der Waals surface area (Å²) < 4.78 is 11.5. The number of aliphatic hydroxyl groups is 1. The first-order chi connectivity index (χ1) is 20.2. The molecule has 0 bridgehead atoms. The van der Waals surface area contributed by atoms with Crippen molar-refractivity contribution in [2.24, 2.45) is 4.99 Å². The van der Waals surface area contributed by atoms with E-state index in [1.807, 2.05) is 19.1 Å². The fraction of sp³-hybridized carbons (Fsp3) is 0.194. The number of nitriles is 1. The van der Waals surface area contributed by atoms with Crippen LogP contribution in [0.3, 0.4) is 0 Å². The lowest BCUT2D eigenvalue weighted by atomic mass is 10.0. The first-order valence-electron chi connectivity index (χ1n) is 12.9. The number of hydrogen-bond donors (Lipinski definition) is 3. The van der Waals surface area contributed by atoms with Crippen molar-refractivity contribution < 1.29 is 19.4 Å². The van der Waals surface area contributed by atoms with Crippen LogP contribution in [0.15, 0.2) is 89.6 Å². The molecular formula is C31H31ClN6O4. The van der Waals surface area contributed by atoms with Gasteiger partial charge in [0, 0.05) is 13.1 Å². The van der Waals surface area contributed by atoms with Crippen molar-refractivity contribution in [1.29, 1.82) is 5.26 Å². The molecule has 0 radical (unpaired) electrons. The summed E-state index contributed by atoms with van der Waals surface area (Å²) in [5.41, 5.74) is 1.86. The van der Waals surface area contributed by atoms with Crippen molar-refractivity contribution in [3.63, 3.8) is 0 Å². The summed E-state index contributed by atoms with van der Waals surface area (Å²) in [6, 6.07) is 13.7. The summed E-state index contributed by atoms with van der Waals surface area (Å²) in [5.74, 6) is 1.45. The van der Waals surface area contributed by atoms with Gasteiger partial charge in [0.25, 0.3) is 5.91 Å². The molecule has 0 aliphatic rings. The predicted octanol–water partition coefficient (Wildman–Crippen LogP) is 6.52. The Kier molecular flexibility index (Phi) is 11.4. The largest absolute Gasteiger partial charge is 0.494 e. The summed E-state index contributed by atoms with van der Waals surface area (Å²) in [4.78, 5) is 25.6. The highest BCUT2D eigenvalue weighted by Crippen LogP contribution is 2.34. The summed E-state index contributed by atoms with van der Waals surface area (Å²) in [7, 11) is 3.06. The third-order valence-corrected chi connectivity index (χ3v) is 6.06. The van der Waals surface area contributed by atoms with Crippen LogP contribution in [0.5, 0.6) is 17.2 Å². The average Bonchev–Trinajstić information content (AvgIpc) is 3.00. The number of nitrogens with one attached hydrogen (secondary N) is 2. The first-order valence-corrected chi connectivity index (χ1v) is 13.2. The molecule has 42 heavy (non-hydrogen) atoms. The lowest BCUT2D eigenvalue weighted by Gasteiger charge is -2.14. The zero-order valence-electron chi connectivity index (χ0n) is 23.7. The number of methoxy groups -OCH3 is 1. The maximum atomic E-state index is 12.4. The molecule has 1 atom stereocenters. The third-order valence-electron chi connectivity index (χ3n) is 5.80. The van der Waals surface area contributed by atoms with Gasteiger partial charge in [0.1, 0.15) is 28.4 Å². The van der Waals surface area contributed by atoms with Crippen molar-refractivity contribution in [3.05, 3.63) is 95.2 Å². The highest BCUT2D eigenvalue weighted by Gasteiger charge is 2.15. The normalized spacial score (nSPS) is 12.4. The number of nitrogens with zero attached hydrogens (tertiary/aromatic N) is 4. The molecule has 3 rings (SSSR count). The number of aromatic nitrogens is 2. The summed E-state index contributed by atoms with van der Waals surface area (Å²) in [6.07, 6.45) is 6.52. The Morgan fingerprint density at radius 2 is 2.05 bits per heavy atom. The SMILES string of the molecule is C=C(C#N)C(O)c1cccc(Oc2ccc(Nc3ncc(Cl)c(N=C(C)/C(=C\C=C/CC)C(=O)NC)n3)c(OC)c2)c1. The van der Waals surface area contributed by atoms with Crippen LogP contribution < -0.4 is 20.1 Å². The van der Waals surface area contributed by atoms with E-state index < -0.39 is 6.10 Å². The van der Waals surface area contributed by atoms with Crippen LogP contribution in [0, 0.1) is 11.3 Å². The molecule has 0 spiro atoms. The number of benzene rings is 2. The zero-order valence-corrected chi connectivity index (χ0v) is 24.4. The van der Waals surface area contributed by atoms with Gasteiger partial charge in [0.05, 0.1) is 41.9 Å². The number of carbonyl (C=O) groups is 1. The van der Waals surface area contributed by atoms with E-state index in [4.69, 9.17) is 26.3 Å². The summed E-state index contributed by atoms with van der Waals surface area (Å²) in [6.45, 7) is 7.26. The molecule has 0 fully saturated rings. The number of rotatable bonds is 12. The van der Waals surface area contributed by atoms with Gasteiger partial charge in [-0.2, -0.15) is 10.2 Å². The smallest absolute Gasteiger partial charge is 0.252 e. The number of likely N-dealkylation sites (N-methyl/N-ethyl adjacent to an activating group) is 1. The number of ether oxygens (including phenoxy) is 2. The molecule has 3 N–H and O–H groups in total. The highest BCUT2D eigenvalue weighted by molar-refractivity contribution is 6.33. The van der Waals surface area contributed by atoms with Gasteiger partial charge in [-0.15, -0.1) is 0 Å². The van der Waals surface area contributed by atoms with Crippen LogP contribution in [0.4, 0.5) is 17.5 Å². The van der Waals surface area contributed by atoms with Crippen molar-refractivity contribution in [2.75, 3.05) is 19.5 Å². The van der Waals surface area contributed by atoms with Gasteiger partial charge in [-0.25, -0.2) is 9.98 Å². The van der Waals surface area contributed by atoms with Gasteiger partial charge in [0.15, 0.2) is 5.82 Å². The van der Waals surface area contributed by atoms with E-state index in [-0.39, 0.29) is 28.3 Å². The van der Waals surface area contributed by atoms with Crippen LogP contribution in [-0.2, 0) is 4.79 Å². The topological polar surface area (TPSA) is 142 Å². The molecular weight excluding hydrogens is 556 g/mol. The molecule has 0 saturated heterocycles. The monoisotopic (exact) mass is 586 g/mol. The molecule has 1 aromatic heterocycles. The number of aliphatic hydroxyl groups excluding tert-OH is 1. The molecule has 3 aromatic rings. The molecule has 0 aliphatic carbocycles. The van der Waals surface area contributed by atoms with E-state index in [9.17, 15) is 9.90 Å². The second-order valence-corrected chi connectivity index (χ2v) is 9.17. The summed E-state index contributed by atoms with van der Waals surface area (Å²) >= 11 is 6.33. The van der Waals surface area contributed by atoms with E-state index in [1.165, 1.54) is 13.3 Å². The Morgan fingerprint density at radius 3 is 2.74 bits per heavy atom. The van der Waals surface area contributed by atoms with Gasteiger partial charge >= 0.3 is 0 Å². The Morgan fingerprint density at radius 1 is 1.29 bits per heavy atom. The maximum absolute atomic E-state index is 12.4. The molecule has 2 aromatic carbocycles. The van der Waals surface area contributed by atoms with Gasteiger partial charge in [-0.05, 0) is 49.2 Å². The summed E-state index contributed by atoms with van der Waals surface area (Å²) in [5, 5.41) is 25.2. The fourth-order valence-electron chi connectivity index (χ4n) is 3.62. The standard InChI is InChI=1S/C31H31ClN6O4/c1-6-7-8-12-24(30(40)34-4)20(3)36-29-25(32)18-35-31(38-29)37-26-14-13-23(16-27(26)41-5)42-22-11-9-10-21(15-22)28(39)19(2)17-33/h7-16,18,28,39H,2,6H2,1,3-5H3,(H,34,40)(H,35,37,38)/b8-7-,24-12+,36-20?. The zero-order chi connectivity index (χ0) is 30.6. The number of hydrogen-bond acceptors (Lipinski definition) is 9. The molecule has 0 aliphatic heterocycles. The van der Waals surface area contributed by atoms with Crippen molar-refractivity contribution >= 4 is 40.7 Å². The molecule has 1 unspecified atom stereocenters. The van der Waals surface area contributed by atoms with Crippen molar-refractivity contribution in [1.82, 2.24) is 15.3 Å². The van der Waals surface area contributed by atoms with Crippen LogP contribution in [0.2, 0.25) is 5.02 Å². The second-order valence-electron chi connectivity index (χ2n) is 8.76. The van der Waals surface area contributed by atoms with Gasteiger partial charge in [0.2, 0.25) is 5.95 Å². The predicted molar refractivity (Wildman–Crippen MR) is 164 cm³/mol. The fourth-order valence-corrected chi connectivity index (χ4v) is 3.75. The highest BCUT2D eigenvalue weighted by atomic mass is 35.5. The Balaban J connectivity index is 1.85. The molecule has 1 heterocycles. The van der Waals surface area contributed by atoms with Crippen LogP contribution in [0.1, 0.15) is 31.9 Å². The van der Waals surface area contributed by atoms with Crippen LogP contribution >= 0.6 is 11.6 Å². The minimum atomic E-state index is -1.12. The van der Waals surface area contributed by atoms with Crippen LogP contribution in [-0.4, -0.2) is 40.9 Å². The first kappa shape index (κ1) is 31.5. The Hall–Kier alpha value is -4.98. The van der Waals surface area contributed by atoms with E-state index in [0.717, 1.165) is 6.42 Å². The van der Waals surface area contributed by atoms with E-state index in [1.54, 1.807) is 68.6 Å². The number of carbonyl (C=O) groups excluding carboxylic acids is 1. The Labute approximate surface area is 249 Å². The minimum Gasteiger partial charge on any atom is -0.494 e. The van der Waals surface area contributed by atoms with E-state index >= 15 is 0 Å². The lowest BCUT2D eigenvalue weighted by molar-refractivity contribution is -0.116. The molecule has 216 valence electrons. The maximum Gasteiger partial charge on any atom is 0.252 e. The second kappa shape index (κ2) is 15.1. The number of amides is 1. The van der Waals surface area contributed by atoms with E-state index in [0.29, 0.717) is 39.8 Å². The minimum absolute atomic E-state index is 0.0326. The lowest BCUT2D eigenvalue weighted by Crippen LogP contribution is -2.23. The Bertz CT molecular complexity index is 1590. The third kappa shape index (κ3) is 8.27. The number of aliphatic imine (C=N–C) groups is 1. The number of halogens is 1. The van der Waals surface area contributed by atoms with Crippen molar-refractivity contribution in [2.45, 2.75) is 26.4 Å². The van der Waals surface area contributed by atoms with E-state index in [2.05, 4.69) is 32.2 Å². The van der Waals surface area contributed by atoms with Gasteiger partial charge in [-0.1, -0.05) is 49.4 Å². The molecule has 0 saturated carbocycles. The number of allylic oxidation sites excluding steroid dienone is 3. The van der Waals surface area contributed by atoms with Crippen molar-refractivity contribution in [3.8, 4) is 23.3 Å². The molecule has 11 heteroatoms. The quantitative estimate of drug-likeness (QED) is 0.0942. The average molecular weight is 587 g/mol. The molecule has 1 amide bonds. The van der Waals surface area contributed by atoms with Gasteiger partial charge < -0.3 is 25.2 Å².